The average Bonchev–Trinajstić information content (AvgIpc) is 3.22. The molecule has 0 saturated carbocycles. The Morgan fingerprint density at radius 2 is 0.589 bits per heavy atom. The highest BCUT2D eigenvalue weighted by molar-refractivity contribution is 5.97. The van der Waals surface area contributed by atoms with E-state index in [2.05, 4.69) is 233 Å². The molecule has 0 radical (unpaired) electrons. The van der Waals surface area contributed by atoms with E-state index in [9.17, 15) is 0 Å². The van der Waals surface area contributed by atoms with Crippen LogP contribution >= 0.6 is 0 Å². The molecule has 56 heavy (non-hydrogen) atoms. The van der Waals surface area contributed by atoms with Crippen LogP contribution in [0.4, 0.5) is 34.1 Å². The predicted molar refractivity (Wildman–Crippen MR) is 241 cm³/mol. The fourth-order valence-corrected chi connectivity index (χ4v) is 7.67. The van der Waals surface area contributed by atoms with Gasteiger partial charge in [0.2, 0.25) is 0 Å². The summed E-state index contributed by atoms with van der Waals surface area (Å²) in [5.41, 5.74) is 21.4. The van der Waals surface area contributed by atoms with Crippen molar-refractivity contribution in [1.29, 1.82) is 0 Å². The van der Waals surface area contributed by atoms with Crippen LogP contribution in [-0.4, -0.2) is 0 Å². The number of anilines is 6. The van der Waals surface area contributed by atoms with Gasteiger partial charge in [-0.2, -0.15) is 0 Å². The molecule has 2 heteroatoms. The molecule has 0 fully saturated rings. The fourth-order valence-electron chi connectivity index (χ4n) is 7.67. The fraction of sp³-hybridized carbons (Fsp3) is 0.111. The summed E-state index contributed by atoms with van der Waals surface area (Å²) >= 11 is 0. The number of aryl methyl sites for hydroxylation is 6. The van der Waals surface area contributed by atoms with Crippen molar-refractivity contribution in [2.24, 2.45) is 0 Å². The minimum atomic E-state index is 1.12. The Morgan fingerprint density at radius 3 is 0.929 bits per heavy atom. The molecule has 8 aromatic rings. The summed E-state index contributed by atoms with van der Waals surface area (Å²) < 4.78 is 0. The number of hydrogen-bond acceptors (Lipinski definition) is 2. The van der Waals surface area contributed by atoms with Gasteiger partial charge < -0.3 is 9.80 Å². The summed E-state index contributed by atoms with van der Waals surface area (Å²) in [6, 6.07) is 66.8. The second kappa shape index (κ2) is 15.6. The smallest absolute Gasteiger partial charge is 0.0467 e. The van der Waals surface area contributed by atoms with Crippen LogP contribution in [0.15, 0.2) is 182 Å². The van der Waals surface area contributed by atoms with E-state index in [-0.39, 0.29) is 0 Å². The summed E-state index contributed by atoms with van der Waals surface area (Å²) in [6.07, 6.45) is 0. The van der Waals surface area contributed by atoms with Gasteiger partial charge in [0.1, 0.15) is 0 Å². The van der Waals surface area contributed by atoms with Gasteiger partial charge in [-0.1, -0.05) is 131 Å². The summed E-state index contributed by atoms with van der Waals surface area (Å²) in [6.45, 7) is 13.0. The molecule has 0 aliphatic rings. The highest BCUT2D eigenvalue weighted by Crippen LogP contribution is 2.46. The largest absolute Gasteiger partial charge is 0.310 e. The van der Waals surface area contributed by atoms with Crippen molar-refractivity contribution in [1.82, 2.24) is 0 Å². The Bertz CT molecular complexity index is 2350. The van der Waals surface area contributed by atoms with Gasteiger partial charge in [0.15, 0.2) is 0 Å². The van der Waals surface area contributed by atoms with Crippen molar-refractivity contribution in [2.45, 2.75) is 41.5 Å². The van der Waals surface area contributed by atoms with E-state index >= 15 is 0 Å². The Balaban J connectivity index is 1.32. The molecule has 0 saturated heterocycles. The molecule has 0 aromatic heterocycles. The maximum atomic E-state index is 2.38. The molecule has 0 N–H and O–H groups in total. The van der Waals surface area contributed by atoms with Gasteiger partial charge in [-0.05, 0) is 159 Å². The van der Waals surface area contributed by atoms with Crippen LogP contribution in [0.2, 0.25) is 0 Å². The van der Waals surface area contributed by atoms with Crippen LogP contribution in [0.5, 0.6) is 0 Å². The Morgan fingerprint density at radius 1 is 0.268 bits per heavy atom. The molecule has 0 bridgehead atoms. The van der Waals surface area contributed by atoms with Gasteiger partial charge in [-0.3, -0.25) is 0 Å². The first-order valence-corrected chi connectivity index (χ1v) is 19.5. The molecule has 0 heterocycles. The molecule has 0 aliphatic heterocycles. The monoisotopic (exact) mass is 724 g/mol. The molecule has 274 valence electrons. The van der Waals surface area contributed by atoms with Crippen molar-refractivity contribution < 1.29 is 0 Å². The lowest BCUT2D eigenvalue weighted by Crippen LogP contribution is -2.10. The van der Waals surface area contributed by atoms with Gasteiger partial charge in [-0.15, -0.1) is 0 Å². The van der Waals surface area contributed by atoms with Gasteiger partial charge >= 0.3 is 0 Å². The Labute approximate surface area is 333 Å². The molecule has 8 aromatic carbocycles. The molecule has 0 amide bonds. The summed E-state index contributed by atoms with van der Waals surface area (Å²) in [7, 11) is 0. The first-order chi connectivity index (χ1) is 27.2. The second-order valence-corrected chi connectivity index (χ2v) is 15.1. The maximum Gasteiger partial charge on any atom is 0.0467 e. The first kappa shape index (κ1) is 36.3. The third-order valence-electron chi connectivity index (χ3n) is 10.8. The second-order valence-electron chi connectivity index (χ2n) is 15.1. The number of rotatable bonds is 9. The molecule has 0 aliphatic carbocycles. The van der Waals surface area contributed by atoms with E-state index in [4.69, 9.17) is 0 Å². The summed E-state index contributed by atoms with van der Waals surface area (Å²) in [4.78, 5) is 4.73. The zero-order valence-electron chi connectivity index (χ0n) is 33.2. The van der Waals surface area contributed by atoms with Crippen LogP contribution in [0.3, 0.4) is 0 Å². The van der Waals surface area contributed by atoms with Gasteiger partial charge in [0.25, 0.3) is 0 Å². The van der Waals surface area contributed by atoms with Crippen molar-refractivity contribution in [2.75, 3.05) is 9.80 Å². The zero-order chi connectivity index (χ0) is 38.8. The van der Waals surface area contributed by atoms with Crippen molar-refractivity contribution in [3.8, 4) is 33.4 Å². The van der Waals surface area contributed by atoms with E-state index in [1.54, 1.807) is 0 Å². The highest BCUT2D eigenvalue weighted by Gasteiger charge is 2.21. The maximum absolute atomic E-state index is 2.38. The van der Waals surface area contributed by atoms with Crippen LogP contribution in [0.25, 0.3) is 33.4 Å². The SMILES string of the molecule is Cc1ccc(N(c2ccc(C)cc2)c2ccc(C)c(-c3cccc(-c4cc(N(c5ccc(C)cc5)c5ccc(C)cc5)ccc4C)c3-c3ccccc3)c2)cc1. The number of nitrogens with zero attached hydrogens (tertiary/aromatic N) is 2. The van der Waals surface area contributed by atoms with Crippen molar-refractivity contribution >= 4 is 34.1 Å². The topological polar surface area (TPSA) is 6.48 Å². The van der Waals surface area contributed by atoms with Crippen LogP contribution in [-0.2, 0) is 0 Å². The third-order valence-corrected chi connectivity index (χ3v) is 10.8. The van der Waals surface area contributed by atoms with Gasteiger partial charge in [-0.25, -0.2) is 0 Å². The first-order valence-electron chi connectivity index (χ1n) is 19.5. The lowest BCUT2D eigenvalue weighted by molar-refractivity contribution is 1.26. The van der Waals surface area contributed by atoms with Crippen LogP contribution in [0.1, 0.15) is 33.4 Å². The van der Waals surface area contributed by atoms with Crippen molar-refractivity contribution in [3.05, 3.63) is 215 Å². The lowest BCUT2D eigenvalue weighted by atomic mass is 9.85. The van der Waals surface area contributed by atoms with E-state index in [0.717, 1.165) is 34.1 Å². The Kier molecular flexibility index (Phi) is 10.1. The standard InChI is InChI=1S/C54H48N2/c1-37-15-25-44(26-16-37)55(45-27-17-38(2)18-28-45)48-33-23-41(5)52(35-48)50-13-10-14-51(54(50)43-11-8-7-9-12-43)53-36-49(34-24-42(53)6)56(46-29-19-39(3)20-30-46)47-31-21-40(4)22-32-47/h7-36H,1-6H3. The van der Waals surface area contributed by atoms with Crippen LogP contribution in [0, 0.1) is 41.5 Å². The van der Waals surface area contributed by atoms with Gasteiger partial charge in [0.05, 0.1) is 0 Å². The van der Waals surface area contributed by atoms with Crippen LogP contribution < -0.4 is 9.80 Å². The van der Waals surface area contributed by atoms with E-state index in [1.807, 2.05) is 0 Å². The molecule has 8 rings (SSSR count). The minimum Gasteiger partial charge on any atom is -0.310 e. The molecule has 0 atom stereocenters. The van der Waals surface area contributed by atoms with Crippen molar-refractivity contribution in [3.63, 3.8) is 0 Å². The molecule has 0 unspecified atom stereocenters. The van der Waals surface area contributed by atoms with E-state index in [1.165, 1.54) is 66.8 Å². The van der Waals surface area contributed by atoms with Gasteiger partial charge in [0, 0.05) is 34.1 Å². The molecule has 2 nitrogen and oxygen atoms in total. The normalized spacial score (nSPS) is 11.0. The lowest BCUT2D eigenvalue weighted by Gasteiger charge is -2.28. The molecular formula is C54H48N2. The minimum absolute atomic E-state index is 1.12. The third kappa shape index (κ3) is 7.39. The average molecular weight is 725 g/mol. The summed E-state index contributed by atoms with van der Waals surface area (Å²) in [5, 5.41) is 0. The Hall–Kier alpha value is -6.64. The molecule has 0 spiro atoms. The molecular weight excluding hydrogens is 677 g/mol. The zero-order valence-corrected chi connectivity index (χ0v) is 33.2. The number of hydrogen-bond donors (Lipinski definition) is 0. The number of benzene rings is 8. The predicted octanol–water partition coefficient (Wildman–Crippen LogP) is 15.5. The van der Waals surface area contributed by atoms with E-state index < -0.39 is 0 Å². The highest BCUT2D eigenvalue weighted by atomic mass is 15.1. The quantitative estimate of drug-likeness (QED) is 0.146. The van der Waals surface area contributed by atoms with E-state index in [0.29, 0.717) is 0 Å². The summed E-state index contributed by atoms with van der Waals surface area (Å²) in [5.74, 6) is 0.